The van der Waals surface area contributed by atoms with E-state index in [1.54, 1.807) is 0 Å². The molecule has 0 radical (unpaired) electrons. The first-order chi connectivity index (χ1) is 25.8. The van der Waals surface area contributed by atoms with Crippen molar-refractivity contribution >= 4 is 28.0 Å². The summed E-state index contributed by atoms with van der Waals surface area (Å²) in [6, 6.07) is 69.4. The van der Waals surface area contributed by atoms with Gasteiger partial charge >= 0.3 is 0 Å². The molecule has 0 bridgehead atoms. The molecule has 1 aliphatic carbocycles. The van der Waals surface area contributed by atoms with E-state index >= 15 is 0 Å². The fourth-order valence-corrected chi connectivity index (χ4v) is 7.94. The lowest BCUT2D eigenvalue weighted by atomic mass is 9.93. The van der Waals surface area contributed by atoms with Gasteiger partial charge < -0.3 is 9.47 Å². The lowest BCUT2D eigenvalue weighted by molar-refractivity contribution is 1.12. The van der Waals surface area contributed by atoms with Gasteiger partial charge in [-0.2, -0.15) is 0 Å². The molecule has 0 N–H and O–H groups in total. The second-order valence-electron chi connectivity index (χ2n) is 13.2. The van der Waals surface area contributed by atoms with Crippen LogP contribution in [0.25, 0.3) is 72.5 Å². The number of anilines is 3. The van der Waals surface area contributed by atoms with Crippen LogP contribution in [-0.4, -0.2) is 9.55 Å². The molecule has 3 heteroatoms. The van der Waals surface area contributed by atoms with Crippen LogP contribution in [0, 0.1) is 0 Å². The molecule has 0 saturated carbocycles. The third-order valence-electron chi connectivity index (χ3n) is 10.2. The van der Waals surface area contributed by atoms with E-state index in [1.807, 2.05) is 12.3 Å². The summed E-state index contributed by atoms with van der Waals surface area (Å²) in [5, 5.41) is 1.25. The van der Waals surface area contributed by atoms with E-state index in [0.29, 0.717) is 0 Å². The Labute approximate surface area is 303 Å². The summed E-state index contributed by atoms with van der Waals surface area (Å²) in [5.41, 5.74) is 17.4. The minimum atomic E-state index is 0.946. The fraction of sp³-hybridized carbons (Fsp3) is 0. The van der Waals surface area contributed by atoms with Crippen molar-refractivity contribution in [3.63, 3.8) is 0 Å². The quantitative estimate of drug-likeness (QED) is 0.177. The maximum absolute atomic E-state index is 4.95. The highest BCUT2D eigenvalue weighted by atomic mass is 15.1. The van der Waals surface area contributed by atoms with Crippen LogP contribution in [0.2, 0.25) is 0 Å². The second kappa shape index (κ2) is 12.4. The summed E-state index contributed by atoms with van der Waals surface area (Å²) in [6.45, 7) is 0. The first-order valence-corrected chi connectivity index (χ1v) is 17.7. The smallest absolute Gasteiger partial charge is 0.0876 e. The Balaban J connectivity index is 1.11. The molecule has 0 amide bonds. The van der Waals surface area contributed by atoms with Gasteiger partial charge in [0.25, 0.3) is 0 Å². The predicted molar refractivity (Wildman–Crippen MR) is 216 cm³/mol. The number of benzene rings is 7. The van der Waals surface area contributed by atoms with Crippen LogP contribution in [0.4, 0.5) is 17.1 Å². The highest BCUT2D eigenvalue weighted by Crippen LogP contribution is 2.52. The number of fused-ring (bicyclic) bond motifs is 5. The van der Waals surface area contributed by atoms with E-state index in [9.17, 15) is 0 Å². The van der Waals surface area contributed by atoms with Gasteiger partial charge in [-0.15, -0.1) is 0 Å². The molecule has 244 valence electrons. The second-order valence-corrected chi connectivity index (χ2v) is 13.2. The van der Waals surface area contributed by atoms with E-state index < -0.39 is 0 Å². The Morgan fingerprint density at radius 3 is 1.50 bits per heavy atom. The summed E-state index contributed by atoms with van der Waals surface area (Å²) < 4.78 is 2.41. The van der Waals surface area contributed by atoms with Crippen molar-refractivity contribution in [2.45, 2.75) is 0 Å². The van der Waals surface area contributed by atoms with Crippen molar-refractivity contribution in [1.29, 1.82) is 0 Å². The number of nitrogens with zero attached hydrogens (tertiary/aromatic N) is 3. The monoisotopic (exact) mass is 663 g/mol. The molecule has 52 heavy (non-hydrogen) atoms. The molecule has 7 aromatic carbocycles. The van der Waals surface area contributed by atoms with Crippen LogP contribution in [0.1, 0.15) is 0 Å². The molecule has 9 aromatic rings. The standard InChI is InChI=1S/C49H33N3/c1-3-14-36(15-4-1)51(37-16-5-2-6-17-37)38-29-25-34(26-30-38)35-27-31-39(32-28-35)52-46-24-13-22-43-41-19-8-7-18-40(41)42-20-9-10-21-44(42)48(47(43)46)49(52)45-23-11-12-33-50-45/h1-33H. The summed E-state index contributed by atoms with van der Waals surface area (Å²) in [7, 11) is 0. The van der Waals surface area contributed by atoms with Gasteiger partial charge in [0.1, 0.15) is 0 Å². The lowest BCUT2D eigenvalue weighted by Gasteiger charge is -2.25. The first-order valence-electron chi connectivity index (χ1n) is 17.7. The van der Waals surface area contributed by atoms with E-state index in [2.05, 4.69) is 198 Å². The predicted octanol–water partition coefficient (Wildman–Crippen LogP) is 13.1. The van der Waals surface area contributed by atoms with Gasteiger partial charge in [0.05, 0.1) is 16.9 Å². The molecule has 0 spiro atoms. The Bertz CT molecular complexity index is 2660. The zero-order valence-corrected chi connectivity index (χ0v) is 28.4. The largest absolute Gasteiger partial charge is 0.311 e. The highest BCUT2D eigenvalue weighted by molar-refractivity contribution is 6.17. The molecular formula is C49H33N3. The Morgan fingerprint density at radius 2 is 0.885 bits per heavy atom. The highest BCUT2D eigenvalue weighted by Gasteiger charge is 2.29. The summed E-state index contributed by atoms with van der Waals surface area (Å²) >= 11 is 0. The molecule has 1 aliphatic rings. The minimum Gasteiger partial charge on any atom is -0.311 e. The number of para-hydroxylation sites is 2. The van der Waals surface area contributed by atoms with Gasteiger partial charge in [-0.05, 0) is 106 Å². The number of pyridine rings is 1. The van der Waals surface area contributed by atoms with Crippen LogP contribution < -0.4 is 4.90 Å². The van der Waals surface area contributed by atoms with Gasteiger partial charge in [-0.1, -0.05) is 127 Å². The van der Waals surface area contributed by atoms with Crippen molar-refractivity contribution in [2.24, 2.45) is 0 Å². The third kappa shape index (κ3) is 4.86. The van der Waals surface area contributed by atoms with Crippen molar-refractivity contribution in [2.75, 3.05) is 4.90 Å². The Morgan fingerprint density at radius 1 is 0.385 bits per heavy atom. The van der Waals surface area contributed by atoms with Gasteiger partial charge in [-0.3, -0.25) is 4.98 Å². The van der Waals surface area contributed by atoms with Gasteiger partial charge in [0, 0.05) is 39.9 Å². The summed E-state index contributed by atoms with van der Waals surface area (Å²) in [5.74, 6) is 0. The molecule has 10 rings (SSSR count). The van der Waals surface area contributed by atoms with Gasteiger partial charge in [0.15, 0.2) is 0 Å². The molecule has 3 nitrogen and oxygen atoms in total. The first kappa shape index (κ1) is 29.9. The number of rotatable bonds is 6. The van der Waals surface area contributed by atoms with E-state index in [0.717, 1.165) is 34.1 Å². The Hall–Kier alpha value is -6.97. The van der Waals surface area contributed by atoms with Crippen LogP contribution in [-0.2, 0) is 0 Å². The van der Waals surface area contributed by atoms with Crippen LogP contribution in [0.5, 0.6) is 0 Å². The molecule has 2 aromatic heterocycles. The fourth-order valence-electron chi connectivity index (χ4n) is 7.94. The zero-order chi connectivity index (χ0) is 34.4. The molecule has 0 fully saturated rings. The molecule has 2 heterocycles. The molecule has 0 saturated heterocycles. The van der Waals surface area contributed by atoms with Gasteiger partial charge in [0.2, 0.25) is 0 Å². The topological polar surface area (TPSA) is 21.1 Å². The van der Waals surface area contributed by atoms with Crippen LogP contribution in [0.15, 0.2) is 200 Å². The average Bonchev–Trinajstić information content (AvgIpc) is 3.52. The van der Waals surface area contributed by atoms with Crippen LogP contribution >= 0.6 is 0 Å². The zero-order valence-electron chi connectivity index (χ0n) is 28.4. The molecule has 0 unspecified atom stereocenters. The van der Waals surface area contributed by atoms with Crippen molar-refractivity contribution < 1.29 is 0 Å². The lowest BCUT2D eigenvalue weighted by Crippen LogP contribution is -2.09. The minimum absolute atomic E-state index is 0.946. The average molecular weight is 664 g/mol. The summed E-state index contributed by atoms with van der Waals surface area (Å²) in [4.78, 5) is 7.24. The molecule has 0 aliphatic heterocycles. The van der Waals surface area contributed by atoms with E-state index in [1.165, 1.54) is 55.4 Å². The van der Waals surface area contributed by atoms with E-state index in [-0.39, 0.29) is 0 Å². The number of hydrogen-bond acceptors (Lipinski definition) is 2. The van der Waals surface area contributed by atoms with Crippen LogP contribution in [0.3, 0.4) is 0 Å². The number of aromatic nitrogens is 2. The SMILES string of the molecule is c1ccc(N(c2ccccc2)c2ccc(-c3ccc(-n4c(-c5ccccn5)c5c6c(cccc64)-c4ccccc4-c4ccccc4-5)cc3)cc2)cc1. The third-order valence-corrected chi connectivity index (χ3v) is 10.2. The van der Waals surface area contributed by atoms with Crippen molar-refractivity contribution in [3.8, 4) is 61.6 Å². The van der Waals surface area contributed by atoms with Crippen molar-refractivity contribution in [3.05, 3.63) is 200 Å². The maximum Gasteiger partial charge on any atom is 0.0876 e. The Kier molecular flexibility index (Phi) is 7.14. The van der Waals surface area contributed by atoms with E-state index in [4.69, 9.17) is 4.98 Å². The van der Waals surface area contributed by atoms with Gasteiger partial charge in [-0.25, -0.2) is 0 Å². The number of hydrogen-bond donors (Lipinski definition) is 0. The van der Waals surface area contributed by atoms with Crippen molar-refractivity contribution in [1.82, 2.24) is 9.55 Å². The molecular weight excluding hydrogens is 631 g/mol. The maximum atomic E-state index is 4.95. The normalized spacial score (nSPS) is 11.5. The summed E-state index contributed by atoms with van der Waals surface area (Å²) in [6.07, 6.45) is 1.89. The molecule has 0 atom stereocenters.